The van der Waals surface area contributed by atoms with Crippen LogP contribution in [0.15, 0.2) is 12.1 Å². The molecule has 1 aliphatic carbocycles. The van der Waals surface area contributed by atoms with Gasteiger partial charge in [0.15, 0.2) is 11.5 Å². The molecular weight excluding hydrogens is 266 g/mol. The molecule has 3 rings (SSSR count). The summed E-state index contributed by atoms with van der Waals surface area (Å²) in [6.45, 7) is 4.02. The Labute approximate surface area is 125 Å². The van der Waals surface area contributed by atoms with E-state index < -0.39 is 0 Å². The highest BCUT2D eigenvalue weighted by molar-refractivity contribution is 5.75. The van der Waals surface area contributed by atoms with Gasteiger partial charge >= 0.3 is 0 Å². The molecule has 1 aliphatic heterocycles. The largest absolute Gasteiger partial charge is 0.486 e. The van der Waals surface area contributed by atoms with Crippen LogP contribution in [0.1, 0.15) is 49.7 Å². The highest BCUT2D eigenvalue weighted by Crippen LogP contribution is 2.46. The molecular formula is C17H23NO3. The molecule has 1 aromatic carbocycles. The maximum absolute atomic E-state index is 11.5. The molecule has 0 aromatic heterocycles. The van der Waals surface area contributed by atoms with Crippen molar-refractivity contribution in [1.82, 2.24) is 5.32 Å². The van der Waals surface area contributed by atoms with E-state index in [0.717, 1.165) is 43.7 Å². The fourth-order valence-electron chi connectivity index (χ4n) is 3.31. The predicted molar refractivity (Wildman–Crippen MR) is 81.0 cm³/mol. The van der Waals surface area contributed by atoms with Crippen LogP contribution in [0, 0.1) is 0 Å². The van der Waals surface area contributed by atoms with E-state index in [1.807, 2.05) is 13.0 Å². The van der Waals surface area contributed by atoms with Crippen LogP contribution < -0.4 is 14.8 Å². The third-order valence-corrected chi connectivity index (χ3v) is 4.30. The smallest absolute Gasteiger partial charge is 0.219 e. The molecule has 1 N–H and O–H groups in total. The van der Waals surface area contributed by atoms with Gasteiger partial charge in [-0.2, -0.15) is 0 Å². The lowest BCUT2D eigenvalue weighted by Gasteiger charge is -2.23. The van der Waals surface area contributed by atoms with Crippen molar-refractivity contribution in [2.75, 3.05) is 19.8 Å². The summed E-state index contributed by atoms with van der Waals surface area (Å²) < 4.78 is 11.5. The molecule has 4 nitrogen and oxygen atoms in total. The molecule has 114 valence electrons. The molecule has 1 heterocycles. The minimum Gasteiger partial charge on any atom is -0.486 e. The van der Waals surface area contributed by atoms with Crippen LogP contribution in [-0.4, -0.2) is 25.7 Å². The average Bonchev–Trinajstić information content (AvgIpc) is 2.91. The monoisotopic (exact) mass is 289 g/mol. The molecule has 21 heavy (non-hydrogen) atoms. The van der Waals surface area contributed by atoms with Crippen LogP contribution >= 0.6 is 0 Å². The zero-order valence-electron chi connectivity index (χ0n) is 12.6. The van der Waals surface area contributed by atoms with E-state index in [9.17, 15) is 4.79 Å². The Kier molecular flexibility index (Phi) is 4.32. The van der Waals surface area contributed by atoms with E-state index in [1.165, 1.54) is 11.1 Å². The fraction of sp³-hybridized carbons (Fsp3) is 0.588. The molecule has 0 saturated carbocycles. The zero-order chi connectivity index (χ0) is 14.7. The Morgan fingerprint density at radius 1 is 1.33 bits per heavy atom. The fourth-order valence-corrected chi connectivity index (χ4v) is 3.31. The van der Waals surface area contributed by atoms with Gasteiger partial charge < -0.3 is 14.8 Å². The van der Waals surface area contributed by atoms with Gasteiger partial charge in [0.25, 0.3) is 0 Å². The molecule has 2 aliphatic rings. The first-order valence-electron chi connectivity index (χ1n) is 7.97. The van der Waals surface area contributed by atoms with E-state index >= 15 is 0 Å². The number of nitrogens with one attached hydrogen (secondary N) is 1. The van der Waals surface area contributed by atoms with Crippen molar-refractivity contribution >= 4 is 5.91 Å². The average molecular weight is 289 g/mol. The van der Waals surface area contributed by atoms with Crippen LogP contribution in [0.3, 0.4) is 0 Å². The Morgan fingerprint density at radius 2 is 2.19 bits per heavy atom. The van der Waals surface area contributed by atoms with Gasteiger partial charge in [0.05, 0.1) is 0 Å². The number of amides is 1. The minimum absolute atomic E-state index is 0.158. The van der Waals surface area contributed by atoms with E-state index in [-0.39, 0.29) is 5.91 Å². The van der Waals surface area contributed by atoms with Gasteiger partial charge in [-0.3, -0.25) is 4.79 Å². The quantitative estimate of drug-likeness (QED) is 0.906. The molecule has 1 atom stereocenters. The topological polar surface area (TPSA) is 47.6 Å². The van der Waals surface area contributed by atoms with Crippen molar-refractivity contribution in [1.29, 1.82) is 0 Å². The van der Waals surface area contributed by atoms with Crippen molar-refractivity contribution in [2.24, 2.45) is 0 Å². The summed E-state index contributed by atoms with van der Waals surface area (Å²) in [5.74, 6) is 2.45. The summed E-state index contributed by atoms with van der Waals surface area (Å²) in [7, 11) is 0. The second-order valence-electron chi connectivity index (χ2n) is 5.79. The van der Waals surface area contributed by atoms with Gasteiger partial charge in [-0.1, -0.05) is 13.0 Å². The van der Waals surface area contributed by atoms with Crippen LogP contribution in [-0.2, 0) is 11.2 Å². The molecule has 1 unspecified atom stereocenters. The standard InChI is InChI=1S/C17H23NO3/c1-2-3-15(19)18-9-8-13-5-4-12-6-7-14-17(16(12)13)21-11-10-20-14/h6-7,13H,2-5,8-11H2,1H3,(H,18,19). The second kappa shape index (κ2) is 6.37. The summed E-state index contributed by atoms with van der Waals surface area (Å²) in [6, 6.07) is 4.19. The van der Waals surface area contributed by atoms with Crippen LogP contribution in [0.4, 0.5) is 0 Å². The van der Waals surface area contributed by atoms with Crippen molar-refractivity contribution in [3.63, 3.8) is 0 Å². The number of aryl methyl sites for hydroxylation is 1. The molecule has 0 saturated heterocycles. The highest BCUT2D eigenvalue weighted by atomic mass is 16.6. The van der Waals surface area contributed by atoms with Gasteiger partial charge in [-0.25, -0.2) is 0 Å². The normalized spacial score (nSPS) is 19.2. The lowest BCUT2D eigenvalue weighted by molar-refractivity contribution is -0.121. The second-order valence-corrected chi connectivity index (χ2v) is 5.79. The third kappa shape index (κ3) is 2.99. The number of carbonyl (C=O) groups excluding carboxylic acids is 1. The molecule has 0 fully saturated rings. The number of rotatable bonds is 5. The number of hydrogen-bond acceptors (Lipinski definition) is 3. The molecule has 1 aromatic rings. The Morgan fingerprint density at radius 3 is 3.05 bits per heavy atom. The van der Waals surface area contributed by atoms with Crippen LogP contribution in [0.5, 0.6) is 11.5 Å². The van der Waals surface area contributed by atoms with Gasteiger partial charge in [0.1, 0.15) is 13.2 Å². The number of hydrogen-bond donors (Lipinski definition) is 1. The maximum atomic E-state index is 11.5. The van der Waals surface area contributed by atoms with E-state index in [1.54, 1.807) is 0 Å². The number of carbonyl (C=O) groups is 1. The number of ether oxygens (including phenoxy) is 2. The lowest BCUT2D eigenvalue weighted by atomic mass is 9.96. The van der Waals surface area contributed by atoms with Crippen LogP contribution in [0.25, 0.3) is 0 Å². The first-order chi connectivity index (χ1) is 10.3. The SMILES string of the molecule is CCCC(=O)NCCC1CCc2ccc3c(c21)OCCO3. The van der Waals surface area contributed by atoms with E-state index in [0.29, 0.717) is 25.6 Å². The van der Waals surface area contributed by atoms with Gasteiger partial charge in [-0.15, -0.1) is 0 Å². The molecule has 0 radical (unpaired) electrons. The van der Waals surface area contributed by atoms with Gasteiger partial charge in [-0.05, 0) is 43.2 Å². The summed E-state index contributed by atoms with van der Waals surface area (Å²) in [5.41, 5.74) is 2.70. The van der Waals surface area contributed by atoms with E-state index in [2.05, 4.69) is 11.4 Å². The van der Waals surface area contributed by atoms with Crippen molar-refractivity contribution in [2.45, 2.75) is 44.9 Å². The molecule has 0 spiro atoms. The van der Waals surface area contributed by atoms with Gasteiger partial charge in [0, 0.05) is 18.5 Å². The summed E-state index contributed by atoms with van der Waals surface area (Å²) in [4.78, 5) is 11.5. The Balaban J connectivity index is 1.67. The maximum Gasteiger partial charge on any atom is 0.219 e. The summed E-state index contributed by atoms with van der Waals surface area (Å²) in [6.07, 6.45) is 4.73. The van der Waals surface area contributed by atoms with Gasteiger partial charge in [0.2, 0.25) is 5.91 Å². The van der Waals surface area contributed by atoms with Crippen LogP contribution in [0.2, 0.25) is 0 Å². The summed E-state index contributed by atoms with van der Waals surface area (Å²) in [5, 5.41) is 3.01. The van der Waals surface area contributed by atoms with Crippen molar-refractivity contribution in [3.8, 4) is 11.5 Å². The third-order valence-electron chi connectivity index (χ3n) is 4.30. The first kappa shape index (κ1) is 14.2. The zero-order valence-corrected chi connectivity index (χ0v) is 12.6. The highest BCUT2D eigenvalue weighted by Gasteiger charge is 2.29. The summed E-state index contributed by atoms with van der Waals surface area (Å²) >= 11 is 0. The number of fused-ring (bicyclic) bond motifs is 3. The van der Waals surface area contributed by atoms with Crippen molar-refractivity contribution < 1.29 is 14.3 Å². The van der Waals surface area contributed by atoms with Crippen molar-refractivity contribution in [3.05, 3.63) is 23.3 Å². The minimum atomic E-state index is 0.158. The van der Waals surface area contributed by atoms with E-state index in [4.69, 9.17) is 9.47 Å². The molecule has 1 amide bonds. The Hall–Kier alpha value is -1.71. The Bertz CT molecular complexity index is 527. The lowest BCUT2D eigenvalue weighted by Crippen LogP contribution is -2.25. The first-order valence-corrected chi connectivity index (χ1v) is 7.97. The molecule has 0 bridgehead atoms. The predicted octanol–water partition coefficient (Wildman–Crippen LogP) is 2.79. The number of benzene rings is 1. The molecule has 4 heteroatoms.